The summed E-state index contributed by atoms with van der Waals surface area (Å²) in [7, 11) is -3.52. The highest BCUT2D eigenvalue weighted by molar-refractivity contribution is 9.10. The Morgan fingerprint density at radius 2 is 1.96 bits per heavy atom. The summed E-state index contributed by atoms with van der Waals surface area (Å²) in [6.07, 6.45) is 0.324. The van der Waals surface area contributed by atoms with Gasteiger partial charge >= 0.3 is 5.25 Å². The highest BCUT2D eigenvalue weighted by atomic mass is 79.9. The van der Waals surface area contributed by atoms with Crippen molar-refractivity contribution < 1.29 is 31.8 Å². The lowest BCUT2D eigenvalue weighted by molar-refractivity contribution is -0.0379. The molecule has 1 unspecified atom stereocenters. The zero-order valence-electron chi connectivity index (χ0n) is 12.0. The lowest BCUT2D eigenvalue weighted by atomic mass is 10.1. The quantitative estimate of drug-likeness (QED) is 0.819. The average Bonchev–Trinajstić information content (AvgIpc) is 2.68. The summed E-state index contributed by atoms with van der Waals surface area (Å²) in [5.41, 5.74) is -0.437. The Morgan fingerprint density at radius 3 is 2.62 bits per heavy atom. The number of aliphatic hydroxyl groups excluding tert-OH is 1. The van der Waals surface area contributed by atoms with Crippen molar-refractivity contribution in [3.8, 4) is 17.2 Å². The van der Waals surface area contributed by atoms with E-state index in [1.807, 2.05) is 0 Å². The number of benzene rings is 1. The van der Waals surface area contributed by atoms with E-state index in [1.54, 1.807) is 0 Å². The standard InChI is InChI=1S/C14H10BrF2NO5S/c1-22-7-4-8(6-18-5-7)23-9-2-3-10-11(12(9)15)13(19)14(16,17)24(10,20)21/h2-6,13,19H,1H3. The van der Waals surface area contributed by atoms with Crippen LogP contribution >= 0.6 is 15.9 Å². The van der Waals surface area contributed by atoms with Crippen LogP contribution < -0.4 is 9.47 Å². The Labute approximate surface area is 144 Å². The fraction of sp³-hybridized carbons (Fsp3) is 0.214. The van der Waals surface area contributed by atoms with Gasteiger partial charge in [-0.15, -0.1) is 0 Å². The normalized spacial score (nSPS) is 20.5. The molecular weight excluding hydrogens is 412 g/mol. The number of aliphatic hydroxyl groups is 1. The zero-order valence-corrected chi connectivity index (χ0v) is 14.4. The van der Waals surface area contributed by atoms with Gasteiger partial charge in [0.15, 0.2) is 6.10 Å². The number of methoxy groups -OCH3 is 1. The molecule has 0 saturated heterocycles. The first kappa shape index (κ1) is 17.1. The third-order valence-corrected chi connectivity index (χ3v) is 6.19. The maximum absolute atomic E-state index is 13.8. The van der Waals surface area contributed by atoms with E-state index in [4.69, 9.17) is 9.47 Å². The Balaban J connectivity index is 2.07. The Bertz CT molecular complexity index is 919. The van der Waals surface area contributed by atoms with Crippen molar-refractivity contribution in [2.75, 3.05) is 7.11 Å². The number of fused-ring (bicyclic) bond motifs is 1. The molecule has 0 fully saturated rings. The predicted octanol–water partition coefficient (Wildman–Crippen LogP) is 3.06. The van der Waals surface area contributed by atoms with Crippen LogP contribution in [0.15, 0.2) is 40.0 Å². The number of ether oxygens (including phenoxy) is 2. The van der Waals surface area contributed by atoms with E-state index in [0.29, 0.717) is 5.75 Å². The molecule has 2 aromatic rings. The molecule has 1 aliphatic rings. The molecule has 0 amide bonds. The topological polar surface area (TPSA) is 85.7 Å². The van der Waals surface area contributed by atoms with Gasteiger partial charge < -0.3 is 14.6 Å². The third kappa shape index (κ3) is 2.36. The summed E-state index contributed by atoms with van der Waals surface area (Å²) in [6.45, 7) is 0. The first-order chi connectivity index (χ1) is 11.2. The van der Waals surface area contributed by atoms with Crippen molar-refractivity contribution in [3.63, 3.8) is 0 Å². The van der Waals surface area contributed by atoms with E-state index in [0.717, 1.165) is 6.07 Å². The van der Waals surface area contributed by atoms with Gasteiger partial charge in [0.1, 0.15) is 17.2 Å². The Hall–Kier alpha value is -1.78. The maximum Gasteiger partial charge on any atom is 0.379 e. The van der Waals surface area contributed by atoms with Crippen LogP contribution in [0.25, 0.3) is 0 Å². The van der Waals surface area contributed by atoms with E-state index in [1.165, 1.54) is 31.6 Å². The second-order valence-electron chi connectivity index (χ2n) is 4.92. The van der Waals surface area contributed by atoms with Crippen molar-refractivity contribution in [2.45, 2.75) is 16.3 Å². The minimum Gasteiger partial charge on any atom is -0.495 e. The molecule has 0 spiro atoms. The predicted molar refractivity (Wildman–Crippen MR) is 82.1 cm³/mol. The smallest absolute Gasteiger partial charge is 0.379 e. The van der Waals surface area contributed by atoms with Crippen molar-refractivity contribution >= 4 is 25.8 Å². The van der Waals surface area contributed by atoms with Gasteiger partial charge in [-0.25, -0.2) is 8.42 Å². The summed E-state index contributed by atoms with van der Waals surface area (Å²) in [6, 6.07) is 3.70. The first-order valence-corrected chi connectivity index (χ1v) is 8.77. The molecule has 3 rings (SSSR count). The fourth-order valence-electron chi connectivity index (χ4n) is 2.28. The van der Waals surface area contributed by atoms with Crippen molar-refractivity contribution in [1.82, 2.24) is 4.98 Å². The summed E-state index contributed by atoms with van der Waals surface area (Å²) in [4.78, 5) is 3.25. The van der Waals surface area contributed by atoms with E-state index < -0.39 is 31.7 Å². The number of hydrogen-bond acceptors (Lipinski definition) is 6. The molecule has 6 nitrogen and oxygen atoms in total. The Kier molecular flexibility index (Phi) is 4.01. The second-order valence-corrected chi connectivity index (χ2v) is 7.70. The summed E-state index contributed by atoms with van der Waals surface area (Å²) >= 11 is 3.03. The van der Waals surface area contributed by atoms with Crippen LogP contribution in [0.3, 0.4) is 0 Å². The molecular formula is C14H10BrF2NO5S. The van der Waals surface area contributed by atoms with E-state index in [9.17, 15) is 22.3 Å². The highest BCUT2D eigenvalue weighted by Crippen LogP contribution is 2.53. The van der Waals surface area contributed by atoms with Crippen LogP contribution in [0.4, 0.5) is 8.78 Å². The number of nitrogens with zero attached hydrogens (tertiary/aromatic N) is 1. The Morgan fingerprint density at radius 1 is 1.29 bits per heavy atom. The number of sulfone groups is 1. The molecule has 1 atom stereocenters. The van der Waals surface area contributed by atoms with Gasteiger partial charge in [-0.3, -0.25) is 4.98 Å². The average molecular weight is 422 g/mol. The molecule has 0 radical (unpaired) electrons. The molecule has 1 N–H and O–H groups in total. The zero-order chi connectivity index (χ0) is 17.7. The van der Waals surface area contributed by atoms with Crippen LogP contribution in [-0.4, -0.2) is 30.9 Å². The number of rotatable bonds is 3. The summed E-state index contributed by atoms with van der Waals surface area (Å²) < 4.78 is 61.7. The van der Waals surface area contributed by atoms with Gasteiger partial charge in [-0.2, -0.15) is 8.78 Å². The number of hydrogen-bond donors (Lipinski definition) is 1. The van der Waals surface area contributed by atoms with Gasteiger partial charge in [-0.05, 0) is 28.1 Å². The maximum atomic E-state index is 13.8. The first-order valence-electron chi connectivity index (χ1n) is 6.50. The van der Waals surface area contributed by atoms with Gasteiger partial charge in [0.05, 0.1) is 28.9 Å². The van der Waals surface area contributed by atoms with Crippen LogP contribution in [0.1, 0.15) is 11.7 Å². The molecule has 0 aliphatic carbocycles. The van der Waals surface area contributed by atoms with E-state index in [2.05, 4.69) is 20.9 Å². The van der Waals surface area contributed by atoms with E-state index in [-0.39, 0.29) is 16.0 Å². The fourth-order valence-corrected chi connectivity index (χ4v) is 4.51. The number of pyridine rings is 1. The van der Waals surface area contributed by atoms with Gasteiger partial charge in [0, 0.05) is 11.6 Å². The molecule has 0 bridgehead atoms. The number of halogens is 3. The molecule has 10 heteroatoms. The molecule has 24 heavy (non-hydrogen) atoms. The minimum atomic E-state index is -4.96. The van der Waals surface area contributed by atoms with Crippen LogP contribution in [0, 0.1) is 0 Å². The second kappa shape index (κ2) is 5.64. The van der Waals surface area contributed by atoms with Crippen molar-refractivity contribution in [1.29, 1.82) is 0 Å². The third-order valence-electron chi connectivity index (χ3n) is 3.50. The van der Waals surface area contributed by atoms with Crippen LogP contribution in [-0.2, 0) is 9.84 Å². The van der Waals surface area contributed by atoms with Crippen LogP contribution in [0.2, 0.25) is 0 Å². The van der Waals surface area contributed by atoms with Gasteiger partial charge in [0.25, 0.3) is 0 Å². The molecule has 1 aromatic heterocycles. The van der Waals surface area contributed by atoms with Crippen LogP contribution in [0.5, 0.6) is 17.2 Å². The summed E-state index contributed by atoms with van der Waals surface area (Å²) in [5.74, 6) is 0.715. The van der Waals surface area contributed by atoms with Gasteiger partial charge in [0.2, 0.25) is 9.84 Å². The molecule has 0 saturated carbocycles. The van der Waals surface area contributed by atoms with Crippen molar-refractivity contribution in [3.05, 3.63) is 40.6 Å². The molecule has 2 heterocycles. The molecule has 128 valence electrons. The molecule has 1 aromatic carbocycles. The lowest BCUT2D eigenvalue weighted by Gasteiger charge is -2.14. The minimum absolute atomic E-state index is 0.0516. The SMILES string of the molecule is COc1cncc(Oc2ccc3c(c2Br)C(O)C(F)(F)S3(=O)=O)c1. The highest BCUT2D eigenvalue weighted by Gasteiger charge is 2.61. The largest absolute Gasteiger partial charge is 0.495 e. The summed E-state index contributed by atoms with van der Waals surface area (Å²) in [5, 5.41) is 5.45. The lowest BCUT2D eigenvalue weighted by Crippen LogP contribution is -2.28. The number of alkyl halides is 2. The number of aromatic nitrogens is 1. The monoisotopic (exact) mass is 421 g/mol. The van der Waals surface area contributed by atoms with E-state index >= 15 is 0 Å². The van der Waals surface area contributed by atoms with Crippen molar-refractivity contribution in [2.24, 2.45) is 0 Å². The molecule has 1 aliphatic heterocycles. The van der Waals surface area contributed by atoms with Gasteiger partial charge in [-0.1, -0.05) is 0 Å².